The number of amides is 1. The van der Waals surface area contributed by atoms with Crippen LogP contribution in [0.15, 0.2) is 26.7 Å². The van der Waals surface area contributed by atoms with E-state index in [1.54, 1.807) is 13.2 Å². The number of nitriles is 1. The van der Waals surface area contributed by atoms with E-state index in [1.165, 1.54) is 6.08 Å². The molecule has 0 spiro atoms. The van der Waals surface area contributed by atoms with Crippen LogP contribution in [0.2, 0.25) is 0 Å². The lowest BCUT2D eigenvalue weighted by molar-refractivity contribution is -0.117. The second-order valence-electron chi connectivity index (χ2n) is 4.43. The number of ether oxygens (including phenoxy) is 1. The zero-order valence-electron chi connectivity index (χ0n) is 10.7. The zero-order chi connectivity index (χ0) is 14.7. The van der Waals surface area contributed by atoms with Crippen LogP contribution < -0.4 is 10.1 Å². The van der Waals surface area contributed by atoms with Gasteiger partial charge in [-0.1, -0.05) is 15.9 Å². The Morgan fingerprint density at radius 3 is 2.75 bits per heavy atom. The predicted molar refractivity (Wildman–Crippen MR) is 83.1 cm³/mol. The van der Waals surface area contributed by atoms with E-state index < -0.39 is 0 Å². The molecule has 4 nitrogen and oxygen atoms in total. The Kier molecular flexibility index (Phi) is 4.84. The molecule has 1 aliphatic rings. The lowest BCUT2D eigenvalue weighted by atomic mass is 10.1. The molecule has 1 N–H and O–H groups in total. The van der Waals surface area contributed by atoms with Crippen LogP contribution in [0.5, 0.6) is 5.75 Å². The number of methoxy groups -OCH3 is 1. The molecule has 104 valence electrons. The number of benzene rings is 1. The fraction of sp³-hybridized carbons (Fsp3) is 0.286. The van der Waals surface area contributed by atoms with Crippen molar-refractivity contribution in [2.45, 2.75) is 18.9 Å². The number of carbonyl (C=O) groups is 1. The van der Waals surface area contributed by atoms with Gasteiger partial charge in [0.05, 0.1) is 11.6 Å². The molecule has 1 aliphatic carbocycles. The summed E-state index contributed by atoms with van der Waals surface area (Å²) in [7, 11) is 1.54. The lowest BCUT2D eigenvalue weighted by Gasteiger charge is -2.09. The van der Waals surface area contributed by atoms with Crippen LogP contribution in [0.3, 0.4) is 0 Å². The highest BCUT2D eigenvalue weighted by molar-refractivity contribution is 9.11. The minimum atomic E-state index is -0.340. The summed E-state index contributed by atoms with van der Waals surface area (Å²) in [4.78, 5) is 11.9. The van der Waals surface area contributed by atoms with Gasteiger partial charge in [0.1, 0.15) is 17.4 Å². The maximum Gasteiger partial charge on any atom is 0.262 e. The standard InChI is InChI=1S/C14H12Br2N2O2/c1-20-13-8(5-10(15)6-12(13)16)4-9(7-17)14(19)18-11-2-3-11/h4-6,11H,2-3H2,1H3,(H,18,19)/b9-4+. The molecule has 20 heavy (non-hydrogen) atoms. The van der Waals surface area contributed by atoms with E-state index in [0.717, 1.165) is 21.8 Å². The van der Waals surface area contributed by atoms with Crippen LogP contribution in [0.1, 0.15) is 18.4 Å². The first-order valence-corrected chi connectivity index (χ1v) is 7.59. The highest BCUT2D eigenvalue weighted by atomic mass is 79.9. The van der Waals surface area contributed by atoms with E-state index in [-0.39, 0.29) is 17.5 Å². The monoisotopic (exact) mass is 398 g/mol. The quantitative estimate of drug-likeness (QED) is 0.623. The van der Waals surface area contributed by atoms with E-state index in [9.17, 15) is 4.79 Å². The zero-order valence-corrected chi connectivity index (χ0v) is 13.9. The smallest absolute Gasteiger partial charge is 0.262 e. The van der Waals surface area contributed by atoms with Crippen molar-refractivity contribution in [1.82, 2.24) is 5.32 Å². The van der Waals surface area contributed by atoms with Gasteiger partial charge in [-0.2, -0.15) is 5.26 Å². The van der Waals surface area contributed by atoms with E-state index in [1.807, 2.05) is 12.1 Å². The van der Waals surface area contributed by atoms with Crippen LogP contribution in [-0.4, -0.2) is 19.1 Å². The fourth-order valence-corrected chi connectivity index (χ4v) is 3.12. The molecule has 6 heteroatoms. The number of hydrogen-bond donors (Lipinski definition) is 1. The first kappa shape index (κ1) is 15.1. The third-order valence-electron chi connectivity index (χ3n) is 2.82. The van der Waals surface area contributed by atoms with Gasteiger partial charge in [0.25, 0.3) is 5.91 Å². The average Bonchev–Trinajstić information content (AvgIpc) is 3.19. The van der Waals surface area contributed by atoms with Crippen molar-refractivity contribution in [3.05, 3.63) is 32.2 Å². The molecule has 2 rings (SSSR count). The molecule has 0 saturated heterocycles. The molecular weight excluding hydrogens is 388 g/mol. The highest BCUT2D eigenvalue weighted by Gasteiger charge is 2.25. The molecule has 0 aliphatic heterocycles. The number of carbonyl (C=O) groups excluding carboxylic acids is 1. The van der Waals surface area contributed by atoms with E-state index in [4.69, 9.17) is 10.00 Å². The van der Waals surface area contributed by atoms with E-state index >= 15 is 0 Å². The van der Waals surface area contributed by atoms with Gasteiger partial charge in [-0.3, -0.25) is 4.79 Å². The molecule has 1 fully saturated rings. The summed E-state index contributed by atoms with van der Waals surface area (Å²) in [6, 6.07) is 5.79. The predicted octanol–water partition coefficient (Wildman–Crippen LogP) is 3.41. The normalized spacial score (nSPS) is 14.6. The minimum absolute atomic E-state index is 0.0696. The van der Waals surface area contributed by atoms with Gasteiger partial charge in [0.15, 0.2) is 0 Å². The Morgan fingerprint density at radius 2 is 2.20 bits per heavy atom. The lowest BCUT2D eigenvalue weighted by Crippen LogP contribution is -2.26. The maximum absolute atomic E-state index is 11.9. The van der Waals surface area contributed by atoms with Gasteiger partial charge in [-0.25, -0.2) is 0 Å². The number of hydrogen-bond acceptors (Lipinski definition) is 3. The molecule has 1 aromatic carbocycles. The van der Waals surface area contributed by atoms with Gasteiger partial charge >= 0.3 is 0 Å². The topological polar surface area (TPSA) is 62.1 Å². The molecule has 0 radical (unpaired) electrons. The van der Waals surface area contributed by atoms with Gasteiger partial charge < -0.3 is 10.1 Å². The Morgan fingerprint density at radius 1 is 1.50 bits per heavy atom. The third kappa shape index (κ3) is 3.62. The Labute approximate surface area is 134 Å². The number of nitrogens with zero attached hydrogens (tertiary/aromatic N) is 1. The highest BCUT2D eigenvalue weighted by Crippen LogP contribution is 2.34. The number of halogens is 2. The van der Waals surface area contributed by atoms with Crippen molar-refractivity contribution in [3.63, 3.8) is 0 Å². The second-order valence-corrected chi connectivity index (χ2v) is 6.20. The third-order valence-corrected chi connectivity index (χ3v) is 3.87. The van der Waals surface area contributed by atoms with E-state index in [0.29, 0.717) is 11.3 Å². The van der Waals surface area contributed by atoms with Crippen LogP contribution in [0.4, 0.5) is 0 Å². The van der Waals surface area contributed by atoms with Gasteiger partial charge in [-0.05, 0) is 47.0 Å². The Hall–Kier alpha value is -1.32. The Balaban J connectivity index is 2.36. The largest absolute Gasteiger partial charge is 0.495 e. The summed E-state index contributed by atoms with van der Waals surface area (Å²) in [5.41, 5.74) is 0.733. The van der Waals surface area contributed by atoms with Crippen molar-refractivity contribution in [1.29, 1.82) is 5.26 Å². The molecule has 1 amide bonds. The van der Waals surface area contributed by atoms with Crippen molar-refractivity contribution in [2.75, 3.05) is 7.11 Å². The van der Waals surface area contributed by atoms with Gasteiger partial charge in [-0.15, -0.1) is 0 Å². The molecule has 0 heterocycles. The van der Waals surface area contributed by atoms with Crippen LogP contribution >= 0.6 is 31.9 Å². The van der Waals surface area contributed by atoms with Crippen molar-refractivity contribution >= 4 is 43.8 Å². The SMILES string of the molecule is COc1c(Br)cc(Br)cc1/C=C(\C#N)C(=O)NC1CC1. The maximum atomic E-state index is 11.9. The summed E-state index contributed by atoms with van der Waals surface area (Å²) in [5, 5.41) is 11.9. The summed E-state index contributed by atoms with van der Waals surface area (Å²) >= 11 is 6.77. The summed E-state index contributed by atoms with van der Waals surface area (Å²) in [6.07, 6.45) is 3.50. The second kappa shape index (κ2) is 6.42. The molecule has 1 saturated carbocycles. The van der Waals surface area contributed by atoms with Crippen LogP contribution in [0.25, 0.3) is 6.08 Å². The summed E-state index contributed by atoms with van der Waals surface area (Å²) in [5.74, 6) is 0.244. The molecule has 0 aromatic heterocycles. The van der Waals surface area contributed by atoms with Gasteiger partial charge in [0, 0.05) is 16.1 Å². The van der Waals surface area contributed by atoms with Crippen molar-refractivity contribution in [2.24, 2.45) is 0 Å². The van der Waals surface area contributed by atoms with Gasteiger partial charge in [0.2, 0.25) is 0 Å². The fourth-order valence-electron chi connectivity index (χ4n) is 1.70. The van der Waals surface area contributed by atoms with Crippen LogP contribution in [-0.2, 0) is 4.79 Å². The minimum Gasteiger partial charge on any atom is -0.495 e. The van der Waals surface area contributed by atoms with Crippen molar-refractivity contribution in [3.8, 4) is 11.8 Å². The van der Waals surface area contributed by atoms with E-state index in [2.05, 4.69) is 37.2 Å². The number of nitrogens with one attached hydrogen (secondary N) is 1. The number of rotatable bonds is 4. The Bertz CT molecular complexity index is 616. The summed E-state index contributed by atoms with van der Waals surface area (Å²) < 4.78 is 6.88. The van der Waals surface area contributed by atoms with Crippen molar-refractivity contribution < 1.29 is 9.53 Å². The molecule has 0 atom stereocenters. The average molecular weight is 400 g/mol. The molecule has 0 bridgehead atoms. The molecule has 0 unspecified atom stereocenters. The molecule has 1 aromatic rings. The van der Waals surface area contributed by atoms with Crippen LogP contribution in [0, 0.1) is 11.3 Å². The first-order valence-electron chi connectivity index (χ1n) is 6.01. The first-order chi connectivity index (χ1) is 9.55. The molecular formula is C14H12Br2N2O2. The summed E-state index contributed by atoms with van der Waals surface area (Å²) in [6.45, 7) is 0.